The van der Waals surface area contributed by atoms with E-state index in [0.717, 1.165) is 30.8 Å². The fourth-order valence-electron chi connectivity index (χ4n) is 6.74. The lowest BCUT2D eigenvalue weighted by molar-refractivity contribution is -0.103. The molecular weight excluding hydrogens is 216 g/mol. The van der Waals surface area contributed by atoms with E-state index in [-0.39, 0.29) is 6.10 Å². The maximum Gasteiger partial charge on any atom is 0.157 e. The van der Waals surface area contributed by atoms with Crippen LogP contribution in [0.15, 0.2) is 0 Å². The number of fused-ring (bicyclic) bond motifs is 12. The Hall–Kier alpha value is -0.120. The Morgan fingerprint density at radius 3 is 2.53 bits per heavy atom. The van der Waals surface area contributed by atoms with Gasteiger partial charge >= 0.3 is 0 Å². The second kappa shape index (κ2) is 2.89. The van der Waals surface area contributed by atoms with Crippen molar-refractivity contribution in [3.63, 3.8) is 0 Å². The molecule has 0 aromatic carbocycles. The standard InChI is InChI=1S/C14H20O3/c15-10-2-5-1-7(10)12-8-3-6(11(5)12)9-4-17-14(16)13(8)9/h5-16H,1-4H2. The second-order valence-electron chi connectivity index (χ2n) is 7.15. The topological polar surface area (TPSA) is 49.7 Å². The van der Waals surface area contributed by atoms with Crippen LogP contribution in [-0.4, -0.2) is 29.2 Å². The maximum atomic E-state index is 10.1. The fraction of sp³-hybridized carbons (Fsp3) is 1.00. The lowest BCUT2D eigenvalue weighted by atomic mass is 9.63. The third-order valence-electron chi connectivity index (χ3n) is 6.96. The zero-order chi connectivity index (χ0) is 11.3. The molecule has 0 radical (unpaired) electrons. The van der Waals surface area contributed by atoms with Gasteiger partial charge in [0.25, 0.3) is 0 Å². The number of rotatable bonds is 0. The Balaban J connectivity index is 1.56. The Morgan fingerprint density at radius 1 is 0.765 bits per heavy atom. The molecule has 0 amide bonds. The lowest BCUT2D eigenvalue weighted by Gasteiger charge is -2.41. The summed E-state index contributed by atoms with van der Waals surface area (Å²) in [5, 5.41) is 20.1. The van der Waals surface area contributed by atoms with Gasteiger partial charge in [0.1, 0.15) is 0 Å². The molecule has 4 bridgehead atoms. The van der Waals surface area contributed by atoms with Crippen LogP contribution in [0.1, 0.15) is 19.3 Å². The van der Waals surface area contributed by atoms with Crippen molar-refractivity contribution < 1.29 is 14.9 Å². The summed E-state index contributed by atoms with van der Waals surface area (Å²) in [4.78, 5) is 0. The molecule has 5 rings (SSSR count). The van der Waals surface area contributed by atoms with Crippen molar-refractivity contribution in [2.75, 3.05) is 6.61 Å². The zero-order valence-corrected chi connectivity index (χ0v) is 9.90. The lowest BCUT2D eigenvalue weighted by Crippen LogP contribution is -2.42. The quantitative estimate of drug-likeness (QED) is 0.613. The van der Waals surface area contributed by atoms with E-state index in [4.69, 9.17) is 4.74 Å². The first-order chi connectivity index (χ1) is 8.25. The second-order valence-corrected chi connectivity index (χ2v) is 7.15. The molecule has 0 spiro atoms. The van der Waals surface area contributed by atoms with Crippen molar-refractivity contribution >= 4 is 0 Å². The highest BCUT2D eigenvalue weighted by Crippen LogP contribution is 2.71. The van der Waals surface area contributed by atoms with Crippen molar-refractivity contribution in [3.05, 3.63) is 0 Å². The average Bonchev–Trinajstić information content (AvgIpc) is 2.99. The summed E-state index contributed by atoms with van der Waals surface area (Å²) in [7, 11) is 0. The van der Waals surface area contributed by atoms with E-state index in [2.05, 4.69) is 0 Å². The van der Waals surface area contributed by atoms with E-state index in [1.54, 1.807) is 0 Å². The first-order valence-corrected chi connectivity index (χ1v) is 7.23. The van der Waals surface area contributed by atoms with Crippen molar-refractivity contribution in [1.29, 1.82) is 0 Å². The number of aliphatic hydroxyl groups is 2. The molecule has 10 unspecified atom stereocenters. The first-order valence-electron chi connectivity index (χ1n) is 7.23. The molecule has 4 aliphatic carbocycles. The fourth-order valence-corrected chi connectivity index (χ4v) is 6.74. The van der Waals surface area contributed by atoms with Crippen molar-refractivity contribution in [2.24, 2.45) is 47.3 Å². The normalized spacial score (nSPS) is 70.9. The van der Waals surface area contributed by atoms with Crippen LogP contribution >= 0.6 is 0 Å². The summed E-state index contributed by atoms with van der Waals surface area (Å²) in [6.45, 7) is 0.788. The maximum absolute atomic E-state index is 10.1. The molecule has 4 saturated carbocycles. The summed E-state index contributed by atoms with van der Waals surface area (Å²) < 4.78 is 5.48. The van der Waals surface area contributed by atoms with Gasteiger partial charge in [-0.25, -0.2) is 0 Å². The number of hydrogen-bond acceptors (Lipinski definition) is 3. The molecule has 1 heterocycles. The van der Waals surface area contributed by atoms with Crippen LogP contribution in [0.5, 0.6) is 0 Å². The Morgan fingerprint density at radius 2 is 1.65 bits per heavy atom. The van der Waals surface area contributed by atoms with Gasteiger partial charge in [-0.05, 0) is 60.7 Å². The van der Waals surface area contributed by atoms with Crippen molar-refractivity contribution in [3.8, 4) is 0 Å². The zero-order valence-electron chi connectivity index (χ0n) is 9.90. The predicted molar refractivity (Wildman–Crippen MR) is 59.7 cm³/mol. The molecule has 17 heavy (non-hydrogen) atoms. The minimum Gasteiger partial charge on any atom is -0.393 e. The minimum atomic E-state index is -0.507. The summed E-state index contributed by atoms with van der Waals surface area (Å²) in [6, 6.07) is 0. The Bertz CT molecular complexity index is 370. The van der Waals surface area contributed by atoms with Gasteiger partial charge in [-0.3, -0.25) is 0 Å². The summed E-state index contributed by atoms with van der Waals surface area (Å²) >= 11 is 0. The molecule has 5 fully saturated rings. The van der Waals surface area contributed by atoms with Gasteiger partial charge in [-0.15, -0.1) is 0 Å². The van der Waals surface area contributed by atoms with Crippen LogP contribution in [-0.2, 0) is 4.74 Å². The van der Waals surface area contributed by atoms with Crippen LogP contribution in [0, 0.1) is 47.3 Å². The van der Waals surface area contributed by atoms with Crippen LogP contribution in [0.25, 0.3) is 0 Å². The molecule has 3 heteroatoms. The van der Waals surface area contributed by atoms with Crippen LogP contribution in [0.3, 0.4) is 0 Å². The van der Waals surface area contributed by atoms with E-state index < -0.39 is 6.29 Å². The van der Waals surface area contributed by atoms with Gasteiger partial charge in [0, 0.05) is 5.92 Å². The van der Waals surface area contributed by atoms with Gasteiger partial charge in [0.2, 0.25) is 0 Å². The van der Waals surface area contributed by atoms with Crippen LogP contribution in [0.2, 0.25) is 0 Å². The highest BCUT2D eigenvalue weighted by atomic mass is 16.6. The molecule has 0 aromatic rings. The summed E-state index contributed by atoms with van der Waals surface area (Å²) in [5.41, 5.74) is 0. The van der Waals surface area contributed by atoms with E-state index >= 15 is 0 Å². The molecule has 94 valence electrons. The minimum absolute atomic E-state index is 0.0430. The summed E-state index contributed by atoms with van der Waals surface area (Å²) in [6.07, 6.45) is 3.08. The van der Waals surface area contributed by atoms with E-state index in [1.165, 1.54) is 12.8 Å². The van der Waals surface area contributed by atoms with Crippen LogP contribution in [0.4, 0.5) is 0 Å². The SMILES string of the molecule is OC1CC2CC1C1C3CC(C4COC(O)C43)C21. The molecular formula is C14H20O3. The van der Waals surface area contributed by atoms with Crippen molar-refractivity contribution in [1.82, 2.24) is 0 Å². The van der Waals surface area contributed by atoms with Crippen molar-refractivity contribution in [2.45, 2.75) is 31.7 Å². The smallest absolute Gasteiger partial charge is 0.157 e. The Labute approximate surface area is 101 Å². The highest BCUT2D eigenvalue weighted by molar-refractivity contribution is 5.16. The monoisotopic (exact) mass is 236 g/mol. The third kappa shape index (κ3) is 0.946. The molecule has 10 atom stereocenters. The molecule has 0 aromatic heterocycles. The Kier molecular flexibility index (Phi) is 1.66. The molecule has 2 N–H and O–H groups in total. The molecule has 3 nitrogen and oxygen atoms in total. The number of aliphatic hydroxyl groups excluding tert-OH is 2. The van der Waals surface area contributed by atoms with Gasteiger partial charge in [0.05, 0.1) is 12.7 Å². The predicted octanol–water partition coefficient (Wildman–Crippen LogP) is 0.850. The third-order valence-corrected chi connectivity index (χ3v) is 6.96. The average molecular weight is 236 g/mol. The van der Waals surface area contributed by atoms with Gasteiger partial charge in [-0.1, -0.05) is 0 Å². The van der Waals surface area contributed by atoms with E-state index in [9.17, 15) is 10.2 Å². The van der Waals surface area contributed by atoms with E-state index in [0.29, 0.717) is 29.6 Å². The van der Waals surface area contributed by atoms with Crippen LogP contribution < -0.4 is 0 Å². The van der Waals surface area contributed by atoms with Gasteiger partial charge < -0.3 is 14.9 Å². The van der Waals surface area contributed by atoms with Gasteiger partial charge in [-0.2, -0.15) is 0 Å². The van der Waals surface area contributed by atoms with Gasteiger partial charge in [0.15, 0.2) is 6.29 Å². The largest absolute Gasteiger partial charge is 0.393 e. The molecule has 1 saturated heterocycles. The number of hydrogen-bond donors (Lipinski definition) is 2. The number of ether oxygens (including phenoxy) is 1. The summed E-state index contributed by atoms with van der Waals surface area (Å²) in [5.74, 6) is 5.39. The highest BCUT2D eigenvalue weighted by Gasteiger charge is 2.69. The molecule has 5 aliphatic rings. The first kappa shape index (κ1) is 9.76. The van der Waals surface area contributed by atoms with E-state index in [1.807, 2.05) is 0 Å². The molecule has 1 aliphatic heterocycles.